The zero-order chi connectivity index (χ0) is 16.3. The van der Waals surface area contributed by atoms with E-state index in [2.05, 4.69) is 10.3 Å². The second-order valence-electron chi connectivity index (χ2n) is 5.63. The van der Waals surface area contributed by atoms with Crippen LogP contribution in [0.5, 0.6) is 0 Å². The highest BCUT2D eigenvalue weighted by molar-refractivity contribution is 7.89. The Hall–Kier alpha value is -1.51. The summed E-state index contributed by atoms with van der Waals surface area (Å²) in [5.41, 5.74) is 1.31. The number of aryl methyl sites for hydroxylation is 1. The molecule has 0 spiro atoms. The van der Waals surface area contributed by atoms with Crippen LogP contribution in [0.15, 0.2) is 18.5 Å². The topological polar surface area (TPSA) is 88.6 Å². The first kappa shape index (κ1) is 16.9. The van der Waals surface area contributed by atoms with Crippen LogP contribution >= 0.6 is 0 Å². The van der Waals surface area contributed by atoms with E-state index >= 15 is 0 Å². The number of nitrogens with zero attached hydrogens (tertiary/aromatic N) is 2. The fourth-order valence-corrected chi connectivity index (χ4v) is 3.46. The van der Waals surface area contributed by atoms with E-state index in [1.165, 1.54) is 24.6 Å². The van der Waals surface area contributed by atoms with E-state index in [0.717, 1.165) is 5.56 Å². The maximum Gasteiger partial charge on any atom is 0.253 e. The highest BCUT2D eigenvalue weighted by atomic mass is 32.2. The highest BCUT2D eigenvalue weighted by Crippen LogP contribution is 2.18. The highest BCUT2D eigenvalue weighted by Gasteiger charge is 2.34. The molecular formula is C14H21N3O4S. The lowest BCUT2D eigenvalue weighted by Crippen LogP contribution is -2.43. The van der Waals surface area contributed by atoms with Crippen LogP contribution in [-0.2, 0) is 14.8 Å². The first-order chi connectivity index (χ1) is 10.3. The van der Waals surface area contributed by atoms with E-state index in [1.54, 1.807) is 12.3 Å². The predicted octanol–water partition coefficient (Wildman–Crippen LogP) is 0.0262. The van der Waals surface area contributed by atoms with Gasteiger partial charge < -0.3 is 10.1 Å². The number of carbonyl (C=O) groups is 1. The summed E-state index contributed by atoms with van der Waals surface area (Å²) >= 11 is 0. The van der Waals surface area contributed by atoms with Crippen molar-refractivity contribution >= 4 is 15.9 Å². The van der Waals surface area contributed by atoms with Crippen LogP contribution in [0, 0.1) is 12.8 Å². The van der Waals surface area contributed by atoms with Gasteiger partial charge in [0, 0.05) is 32.4 Å². The number of sulfonamides is 1. The average Bonchev–Trinajstić information content (AvgIpc) is 2.85. The maximum atomic E-state index is 12.3. The molecule has 2 rings (SSSR count). The molecule has 2 atom stereocenters. The van der Waals surface area contributed by atoms with Gasteiger partial charge in [-0.25, -0.2) is 12.7 Å². The van der Waals surface area contributed by atoms with Crippen LogP contribution < -0.4 is 5.32 Å². The molecule has 1 N–H and O–H groups in total. The molecule has 0 saturated carbocycles. The molecule has 7 nitrogen and oxygen atoms in total. The van der Waals surface area contributed by atoms with Crippen LogP contribution in [-0.4, -0.2) is 62.7 Å². The molecule has 0 aliphatic carbocycles. The molecule has 8 heteroatoms. The minimum atomic E-state index is -3.33. The second kappa shape index (κ2) is 6.72. The van der Waals surface area contributed by atoms with Gasteiger partial charge in [0.1, 0.15) is 0 Å². The Kier molecular flexibility index (Phi) is 5.15. The van der Waals surface area contributed by atoms with Gasteiger partial charge in [0.2, 0.25) is 10.0 Å². The van der Waals surface area contributed by atoms with Crippen molar-refractivity contribution in [2.75, 3.05) is 33.1 Å². The van der Waals surface area contributed by atoms with Crippen LogP contribution in [0.3, 0.4) is 0 Å². The summed E-state index contributed by atoms with van der Waals surface area (Å²) in [7, 11) is -0.338. The Labute approximate surface area is 130 Å². The SMILES string of the molecule is Cc1ccncc1C(=O)N[C@@H]1COC[C@H]1CS(=O)(=O)N(C)C. The van der Waals surface area contributed by atoms with Crippen molar-refractivity contribution in [1.82, 2.24) is 14.6 Å². The lowest BCUT2D eigenvalue weighted by Gasteiger charge is -2.21. The number of ether oxygens (including phenoxy) is 1. The van der Waals surface area contributed by atoms with Gasteiger partial charge in [0.25, 0.3) is 5.91 Å². The minimum absolute atomic E-state index is 0.0447. The summed E-state index contributed by atoms with van der Waals surface area (Å²) in [5.74, 6) is -0.557. The lowest BCUT2D eigenvalue weighted by molar-refractivity contribution is 0.0925. The molecule has 1 aromatic heterocycles. The molecule has 0 bridgehead atoms. The molecule has 1 aliphatic heterocycles. The summed E-state index contributed by atoms with van der Waals surface area (Å²) in [6.45, 7) is 2.47. The summed E-state index contributed by atoms with van der Waals surface area (Å²) in [6, 6.07) is 1.44. The van der Waals surface area contributed by atoms with E-state index in [4.69, 9.17) is 4.74 Å². The molecule has 0 unspecified atom stereocenters. The Morgan fingerprint density at radius 1 is 1.45 bits per heavy atom. The van der Waals surface area contributed by atoms with Gasteiger partial charge >= 0.3 is 0 Å². The number of nitrogens with one attached hydrogen (secondary N) is 1. The average molecular weight is 327 g/mol. The van der Waals surface area contributed by atoms with Crippen LogP contribution in [0.4, 0.5) is 0 Å². The zero-order valence-corrected chi connectivity index (χ0v) is 13.8. The van der Waals surface area contributed by atoms with E-state index in [0.29, 0.717) is 18.8 Å². The van der Waals surface area contributed by atoms with Gasteiger partial charge in [0.15, 0.2) is 0 Å². The largest absolute Gasteiger partial charge is 0.379 e. The Bertz CT molecular complexity index is 645. The molecule has 1 aromatic rings. The molecule has 1 amide bonds. The normalized spacial score (nSPS) is 22.0. The predicted molar refractivity (Wildman–Crippen MR) is 82.0 cm³/mol. The summed E-state index contributed by atoms with van der Waals surface area (Å²) in [5, 5.41) is 2.86. The van der Waals surface area contributed by atoms with Crippen molar-refractivity contribution in [1.29, 1.82) is 0 Å². The van der Waals surface area contributed by atoms with Crippen molar-refractivity contribution < 1.29 is 17.9 Å². The maximum absolute atomic E-state index is 12.3. The minimum Gasteiger partial charge on any atom is -0.379 e. The first-order valence-electron chi connectivity index (χ1n) is 7.00. The smallest absolute Gasteiger partial charge is 0.253 e. The van der Waals surface area contributed by atoms with Gasteiger partial charge in [-0.15, -0.1) is 0 Å². The number of aromatic nitrogens is 1. The van der Waals surface area contributed by atoms with Crippen molar-refractivity contribution in [2.24, 2.45) is 5.92 Å². The summed E-state index contributed by atoms with van der Waals surface area (Å²) < 4.78 is 30.5. The quantitative estimate of drug-likeness (QED) is 0.824. The van der Waals surface area contributed by atoms with Crippen molar-refractivity contribution in [3.05, 3.63) is 29.6 Å². The van der Waals surface area contributed by atoms with E-state index in [9.17, 15) is 13.2 Å². The fraction of sp³-hybridized carbons (Fsp3) is 0.571. The van der Waals surface area contributed by atoms with Crippen molar-refractivity contribution in [2.45, 2.75) is 13.0 Å². The third-order valence-corrected chi connectivity index (χ3v) is 5.74. The third kappa shape index (κ3) is 3.82. The van der Waals surface area contributed by atoms with Crippen molar-refractivity contribution in [3.8, 4) is 0 Å². The molecule has 1 fully saturated rings. The molecule has 1 saturated heterocycles. The monoisotopic (exact) mass is 327 g/mol. The van der Waals surface area contributed by atoms with Crippen LogP contribution in [0.25, 0.3) is 0 Å². The molecular weight excluding hydrogens is 306 g/mol. The first-order valence-corrected chi connectivity index (χ1v) is 8.61. The van der Waals surface area contributed by atoms with Crippen molar-refractivity contribution in [3.63, 3.8) is 0 Å². The van der Waals surface area contributed by atoms with Gasteiger partial charge in [0.05, 0.1) is 30.6 Å². The Balaban J connectivity index is 2.06. The van der Waals surface area contributed by atoms with Gasteiger partial charge in [-0.3, -0.25) is 9.78 Å². The second-order valence-corrected chi connectivity index (χ2v) is 7.86. The van der Waals surface area contributed by atoms with Gasteiger partial charge in [-0.1, -0.05) is 0 Å². The Morgan fingerprint density at radius 3 is 2.82 bits per heavy atom. The molecule has 22 heavy (non-hydrogen) atoms. The summed E-state index contributed by atoms with van der Waals surface area (Å²) in [4.78, 5) is 16.2. The number of pyridine rings is 1. The Morgan fingerprint density at radius 2 is 2.18 bits per heavy atom. The van der Waals surface area contributed by atoms with Gasteiger partial charge in [-0.2, -0.15) is 0 Å². The fourth-order valence-electron chi connectivity index (χ4n) is 2.29. The molecule has 0 radical (unpaired) electrons. The number of amides is 1. The van der Waals surface area contributed by atoms with Gasteiger partial charge in [-0.05, 0) is 18.6 Å². The number of hydrogen-bond acceptors (Lipinski definition) is 5. The number of rotatable bonds is 5. The van der Waals surface area contributed by atoms with E-state index in [-0.39, 0.29) is 23.6 Å². The zero-order valence-electron chi connectivity index (χ0n) is 12.9. The molecule has 0 aromatic carbocycles. The van der Waals surface area contributed by atoms with E-state index < -0.39 is 10.0 Å². The lowest BCUT2D eigenvalue weighted by atomic mass is 10.1. The van der Waals surface area contributed by atoms with Crippen LogP contribution in [0.2, 0.25) is 0 Å². The molecule has 122 valence electrons. The molecule has 1 aliphatic rings. The number of hydrogen-bond donors (Lipinski definition) is 1. The molecule has 2 heterocycles. The van der Waals surface area contributed by atoms with E-state index in [1.807, 2.05) is 6.92 Å². The standard InChI is InChI=1S/C14H21N3O4S/c1-10-4-5-15-6-12(10)14(18)16-13-8-21-7-11(13)9-22(19,20)17(2)3/h4-6,11,13H,7-9H2,1-3H3,(H,16,18)/t11-,13+/m0/s1. The summed E-state index contributed by atoms with van der Waals surface area (Å²) in [6.07, 6.45) is 3.13. The number of carbonyl (C=O) groups excluding carboxylic acids is 1. The third-order valence-electron chi connectivity index (χ3n) is 3.78. The van der Waals surface area contributed by atoms with Crippen LogP contribution in [0.1, 0.15) is 15.9 Å².